The second kappa shape index (κ2) is 7.10. The van der Waals surface area contributed by atoms with E-state index in [1.807, 2.05) is 19.9 Å². The highest BCUT2D eigenvalue weighted by atomic mass is 19.1. The van der Waals surface area contributed by atoms with E-state index >= 15 is 0 Å². The van der Waals surface area contributed by atoms with Crippen LogP contribution in [0.5, 0.6) is 0 Å². The molecule has 98 valence electrons. The van der Waals surface area contributed by atoms with Crippen LogP contribution >= 0.6 is 0 Å². The van der Waals surface area contributed by atoms with Gasteiger partial charge in [-0.15, -0.1) is 0 Å². The first-order valence-corrected chi connectivity index (χ1v) is 6.12. The summed E-state index contributed by atoms with van der Waals surface area (Å²) in [6.07, 6.45) is 0.664. The molecule has 0 unspecified atom stereocenters. The summed E-state index contributed by atoms with van der Waals surface area (Å²) < 4.78 is 13.7. The molecule has 0 fully saturated rings. The SMILES string of the molecule is CC(C)N(CCCO)Cc1cc(C#N)ccc1F. The summed E-state index contributed by atoms with van der Waals surface area (Å²) in [6.45, 7) is 5.36. The van der Waals surface area contributed by atoms with Gasteiger partial charge in [0.2, 0.25) is 0 Å². The summed E-state index contributed by atoms with van der Waals surface area (Å²) in [7, 11) is 0. The highest BCUT2D eigenvalue weighted by molar-refractivity contribution is 5.33. The molecule has 1 rings (SSSR count). The molecule has 0 aliphatic carbocycles. The molecule has 0 heterocycles. The Balaban J connectivity index is 2.83. The Labute approximate surface area is 107 Å². The van der Waals surface area contributed by atoms with E-state index in [4.69, 9.17) is 10.4 Å². The number of halogens is 1. The molecule has 0 saturated carbocycles. The molecule has 0 saturated heterocycles. The summed E-state index contributed by atoms with van der Waals surface area (Å²) >= 11 is 0. The Morgan fingerprint density at radius 3 is 2.72 bits per heavy atom. The number of nitriles is 1. The second-order valence-electron chi connectivity index (χ2n) is 4.56. The van der Waals surface area contributed by atoms with Crippen LogP contribution in [0.3, 0.4) is 0 Å². The van der Waals surface area contributed by atoms with Crippen molar-refractivity contribution < 1.29 is 9.50 Å². The number of hydrogen-bond acceptors (Lipinski definition) is 3. The van der Waals surface area contributed by atoms with Crippen LogP contribution in [0, 0.1) is 17.1 Å². The van der Waals surface area contributed by atoms with Gasteiger partial charge in [-0.1, -0.05) is 0 Å². The molecule has 0 amide bonds. The van der Waals surface area contributed by atoms with Gasteiger partial charge in [-0.25, -0.2) is 4.39 Å². The third-order valence-corrected chi connectivity index (χ3v) is 2.88. The topological polar surface area (TPSA) is 47.3 Å². The predicted molar refractivity (Wildman–Crippen MR) is 68.4 cm³/mol. The van der Waals surface area contributed by atoms with Crippen LogP contribution in [0.25, 0.3) is 0 Å². The van der Waals surface area contributed by atoms with Crippen LogP contribution in [-0.4, -0.2) is 29.2 Å². The first kappa shape index (κ1) is 14.6. The molecule has 0 spiro atoms. The van der Waals surface area contributed by atoms with Gasteiger partial charge >= 0.3 is 0 Å². The van der Waals surface area contributed by atoms with E-state index in [0.29, 0.717) is 30.6 Å². The van der Waals surface area contributed by atoms with Gasteiger partial charge in [0, 0.05) is 31.3 Å². The molecule has 1 aromatic rings. The van der Waals surface area contributed by atoms with Crippen molar-refractivity contribution in [2.45, 2.75) is 32.9 Å². The number of nitrogens with zero attached hydrogens (tertiary/aromatic N) is 2. The molecule has 0 radical (unpaired) electrons. The Hall–Kier alpha value is -1.44. The zero-order valence-corrected chi connectivity index (χ0v) is 10.9. The van der Waals surface area contributed by atoms with E-state index in [2.05, 4.69) is 4.90 Å². The van der Waals surface area contributed by atoms with Gasteiger partial charge in [-0.3, -0.25) is 4.90 Å². The standard InChI is InChI=1S/C14H19FN2O/c1-11(2)17(6-3-7-18)10-13-8-12(9-16)4-5-14(13)15/h4-5,8,11,18H,3,6-7,10H2,1-2H3. The van der Waals surface area contributed by atoms with Crippen molar-refractivity contribution in [1.82, 2.24) is 4.90 Å². The molecule has 0 bridgehead atoms. The lowest BCUT2D eigenvalue weighted by Gasteiger charge is -2.26. The van der Waals surface area contributed by atoms with Gasteiger partial charge in [0.05, 0.1) is 11.6 Å². The van der Waals surface area contributed by atoms with Crippen LogP contribution in [0.1, 0.15) is 31.4 Å². The van der Waals surface area contributed by atoms with Gasteiger partial charge in [-0.05, 0) is 38.5 Å². The average Bonchev–Trinajstić information content (AvgIpc) is 2.36. The highest BCUT2D eigenvalue weighted by Crippen LogP contribution is 2.14. The quantitative estimate of drug-likeness (QED) is 0.842. The van der Waals surface area contributed by atoms with E-state index in [-0.39, 0.29) is 18.5 Å². The molecule has 1 aromatic carbocycles. The monoisotopic (exact) mass is 250 g/mol. The molecule has 0 aliphatic heterocycles. The number of hydrogen-bond donors (Lipinski definition) is 1. The maximum atomic E-state index is 13.7. The molecule has 1 N–H and O–H groups in total. The summed E-state index contributed by atoms with van der Waals surface area (Å²) in [4.78, 5) is 2.08. The Morgan fingerprint density at radius 1 is 1.44 bits per heavy atom. The van der Waals surface area contributed by atoms with E-state index < -0.39 is 0 Å². The molecule has 18 heavy (non-hydrogen) atoms. The number of rotatable bonds is 6. The average molecular weight is 250 g/mol. The molecule has 0 aromatic heterocycles. The van der Waals surface area contributed by atoms with Crippen LogP contribution in [-0.2, 0) is 6.54 Å². The second-order valence-corrected chi connectivity index (χ2v) is 4.56. The summed E-state index contributed by atoms with van der Waals surface area (Å²) in [5, 5.41) is 17.7. The molecule has 3 nitrogen and oxygen atoms in total. The van der Waals surface area contributed by atoms with E-state index in [1.54, 1.807) is 6.07 Å². The summed E-state index contributed by atoms with van der Waals surface area (Å²) in [5.74, 6) is -0.288. The minimum atomic E-state index is -0.288. The van der Waals surface area contributed by atoms with Gasteiger partial charge in [0.15, 0.2) is 0 Å². The Morgan fingerprint density at radius 2 is 2.17 bits per heavy atom. The molecule has 0 aliphatic rings. The van der Waals surface area contributed by atoms with Crippen LogP contribution in [0.4, 0.5) is 4.39 Å². The largest absolute Gasteiger partial charge is 0.396 e. The maximum absolute atomic E-state index is 13.7. The highest BCUT2D eigenvalue weighted by Gasteiger charge is 2.12. The van der Waals surface area contributed by atoms with E-state index in [9.17, 15) is 4.39 Å². The molecular formula is C14H19FN2O. The van der Waals surface area contributed by atoms with Crippen LogP contribution < -0.4 is 0 Å². The van der Waals surface area contributed by atoms with E-state index in [0.717, 1.165) is 0 Å². The minimum absolute atomic E-state index is 0.129. The van der Waals surface area contributed by atoms with Crippen LogP contribution in [0.2, 0.25) is 0 Å². The molecule has 0 atom stereocenters. The van der Waals surface area contributed by atoms with Crippen LogP contribution in [0.15, 0.2) is 18.2 Å². The predicted octanol–water partition coefficient (Wildman–Crippen LogP) is 2.29. The Kier molecular flexibility index (Phi) is 5.76. The normalized spacial score (nSPS) is 10.9. The van der Waals surface area contributed by atoms with Gasteiger partial charge in [0.25, 0.3) is 0 Å². The number of aliphatic hydroxyl groups is 1. The molecule has 4 heteroatoms. The smallest absolute Gasteiger partial charge is 0.127 e. The molecular weight excluding hydrogens is 231 g/mol. The minimum Gasteiger partial charge on any atom is -0.396 e. The number of aliphatic hydroxyl groups excluding tert-OH is 1. The van der Waals surface area contributed by atoms with E-state index in [1.165, 1.54) is 12.1 Å². The van der Waals surface area contributed by atoms with Gasteiger partial charge < -0.3 is 5.11 Å². The first-order chi connectivity index (χ1) is 8.58. The van der Waals surface area contributed by atoms with Crippen molar-refractivity contribution in [3.63, 3.8) is 0 Å². The summed E-state index contributed by atoms with van der Waals surface area (Å²) in [6, 6.07) is 6.68. The van der Waals surface area contributed by atoms with Crippen molar-refractivity contribution in [3.05, 3.63) is 35.1 Å². The summed E-state index contributed by atoms with van der Waals surface area (Å²) in [5.41, 5.74) is 0.998. The fraction of sp³-hybridized carbons (Fsp3) is 0.500. The number of benzene rings is 1. The van der Waals surface area contributed by atoms with Gasteiger partial charge in [0.1, 0.15) is 5.82 Å². The van der Waals surface area contributed by atoms with Gasteiger partial charge in [-0.2, -0.15) is 5.26 Å². The third kappa shape index (κ3) is 4.10. The first-order valence-electron chi connectivity index (χ1n) is 6.12. The van der Waals surface area contributed by atoms with Crippen molar-refractivity contribution in [3.8, 4) is 6.07 Å². The van der Waals surface area contributed by atoms with Crippen molar-refractivity contribution in [2.75, 3.05) is 13.2 Å². The lowest BCUT2D eigenvalue weighted by atomic mass is 10.1. The van der Waals surface area contributed by atoms with Crippen molar-refractivity contribution in [1.29, 1.82) is 5.26 Å². The lowest BCUT2D eigenvalue weighted by Crippen LogP contribution is -2.32. The zero-order chi connectivity index (χ0) is 13.5. The van der Waals surface area contributed by atoms with Crippen molar-refractivity contribution in [2.24, 2.45) is 0 Å². The van der Waals surface area contributed by atoms with Crippen molar-refractivity contribution >= 4 is 0 Å². The maximum Gasteiger partial charge on any atom is 0.127 e. The fourth-order valence-corrected chi connectivity index (χ4v) is 1.78. The fourth-order valence-electron chi connectivity index (χ4n) is 1.78. The zero-order valence-electron chi connectivity index (χ0n) is 10.9. The lowest BCUT2D eigenvalue weighted by molar-refractivity contribution is 0.183. The Bertz CT molecular complexity index is 426. The third-order valence-electron chi connectivity index (χ3n) is 2.88.